The molecular formula is C24H36N2O2. The zero-order chi connectivity index (χ0) is 21.1. The van der Waals surface area contributed by atoms with Crippen molar-refractivity contribution in [2.45, 2.75) is 73.4 Å². The second-order valence-corrected chi connectivity index (χ2v) is 10.2. The van der Waals surface area contributed by atoms with Gasteiger partial charge in [0.1, 0.15) is 0 Å². The van der Waals surface area contributed by atoms with Crippen LogP contribution in [0.3, 0.4) is 0 Å². The lowest BCUT2D eigenvalue weighted by atomic mass is 9.82. The lowest BCUT2D eigenvalue weighted by Gasteiger charge is -2.38. The number of allylic oxidation sites excluding steroid dienone is 1. The van der Waals surface area contributed by atoms with Gasteiger partial charge in [0.15, 0.2) is 0 Å². The second-order valence-electron chi connectivity index (χ2n) is 10.2. The van der Waals surface area contributed by atoms with E-state index in [0.29, 0.717) is 19.4 Å². The van der Waals surface area contributed by atoms with Crippen molar-refractivity contribution < 1.29 is 9.59 Å². The summed E-state index contributed by atoms with van der Waals surface area (Å²) in [6.45, 7) is 17.2. The van der Waals surface area contributed by atoms with Crippen LogP contribution in [0.4, 0.5) is 0 Å². The maximum atomic E-state index is 13.5. The highest BCUT2D eigenvalue weighted by Gasteiger charge is 2.47. The van der Waals surface area contributed by atoms with Crippen molar-refractivity contribution in [2.24, 2.45) is 16.7 Å². The summed E-state index contributed by atoms with van der Waals surface area (Å²) in [6.07, 6.45) is 3.47. The summed E-state index contributed by atoms with van der Waals surface area (Å²) in [7, 11) is 0. The molecule has 0 N–H and O–H groups in total. The first-order valence-corrected chi connectivity index (χ1v) is 10.2. The Morgan fingerprint density at radius 1 is 1.18 bits per heavy atom. The van der Waals surface area contributed by atoms with Crippen LogP contribution in [-0.2, 0) is 16.1 Å². The van der Waals surface area contributed by atoms with Gasteiger partial charge in [-0.15, -0.1) is 6.58 Å². The van der Waals surface area contributed by atoms with E-state index in [1.807, 2.05) is 35.3 Å². The summed E-state index contributed by atoms with van der Waals surface area (Å²) in [4.78, 5) is 26.5. The van der Waals surface area contributed by atoms with Crippen molar-refractivity contribution in [3.63, 3.8) is 0 Å². The number of hydrogen-bond acceptors (Lipinski definition) is 3. The van der Waals surface area contributed by atoms with Gasteiger partial charge in [-0.25, -0.2) is 10.0 Å². The fraction of sp³-hybridized carbons (Fsp3) is 0.583. The summed E-state index contributed by atoms with van der Waals surface area (Å²) in [5.74, 6) is -0.426. The van der Waals surface area contributed by atoms with E-state index in [9.17, 15) is 9.59 Å². The van der Waals surface area contributed by atoms with E-state index in [-0.39, 0.29) is 34.6 Å². The minimum Gasteiger partial charge on any atom is -0.273 e. The Bertz CT molecular complexity index is 698. The first-order valence-electron chi connectivity index (χ1n) is 10.2. The van der Waals surface area contributed by atoms with E-state index in [1.54, 1.807) is 6.08 Å². The van der Waals surface area contributed by atoms with Crippen LogP contribution in [0.15, 0.2) is 43.0 Å². The Morgan fingerprint density at radius 3 is 2.29 bits per heavy atom. The third-order valence-corrected chi connectivity index (χ3v) is 5.28. The molecule has 0 bridgehead atoms. The first kappa shape index (κ1) is 22.4. The monoisotopic (exact) mass is 384 g/mol. The van der Waals surface area contributed by atoms with Gasteiger partial charge in [0, 0.05) is 24.9 Å². The third kappa shape index (κ3) is 5.54. The largest absolute Gasteiger partial charge is 0.273 e. The normalized spacial score (nSPS) is 19.7. The molecule has 0 spiro atoms. The molecule has 0 saturated carbocycles. The molecule has 2 unspecified atom stereocenters. The molecule has 1 aromatic carbocycles. The van der Waals surface area contributed by atoms with Crippen LogP contribution in [0.5, 0.6) is 0 Å². The molecule has 28 heavy (non-hydrogen) atoms. The molecule has 1 saturated heterocycles. The molecule has 4 heteroatoms. The van der Waals surface area contributed by atoms with Crippen molar-refractivity contribution in [1.82, 2.24) is 10.0 Å². The summed E-state index contributed by atoms with van der Waals surface area (Å²) in [5, 5.41) is 3.45. The van der Waals surface area contributed by atoms with Crippen LogP contribution in [0.2, 0.25) is 0 Å². The molecule has 2 rings (SSSR count). The van der Waals surface area contributed by atoms with Crippen molar-refractivity contribution in [2.75, 3.05) is 0 Å². The summed E-state index contributed by atoms with van der Waals surface area (Å²) < 4.78 is 0. The van der Waals surface area contributed by atoms with E-state index in [0.717, 1.165) is 12.0 Å². The van der Waals surface area contributed by atoms with Gasteiger partial charge < -0.3 is 0 Å². The molecule has 0 radical (unpaired) electrons. The van der Waals surface area contributed by atoms with Gasteiger partial charge in [-0.3, -0.25) is 9.59 Å². The smallest absolute Gasteiger partial charge is 0.247 e. The quantitative estimate of drug-likeness (QED) is 0.633. The summed E-state index contributed by atoms with van der Waals surface area (Å²) in [6, 6.07) is 10.0. The Labute approximate surface area is 170 Å². The maximum absolute atomic E-state index is 13.5. The van der Waals surface area contributed by atoms with Crippen LogP contribution in [-0.4, -0.2) is 27.9 Å². The first-order chi connectivity index (χ1) is 12.9. The number of carbonyl (C=O) groups excluding carboxylic acids is 2. The molecule has 1 aromatic rings. The van der Waals surface area contributed by atoms with E-state index < -0.39 is 0 Å². The van der Waals surface area contributed by atoms with Gasteiger partial charge >= 0.3 is 0 Å². The number of amides is 2. The Kier molecular flexibility index (Phi) is 6.87. The topological polar surface area (TPSA) is 40.6 Å². The third-order valence-electron chi connectivity index (χ3n) is 5.28. The van der Waals surface area contributed by atoms with Crippen LogP contribution in [0.1, 0.15) is 66.4 Å². The van der Waals surface area contributed by atoms with E-state index >= 15 is 0 Å². The average Bonchev–Trinajstić information content (AvgIpc) is 2.90. The zero-order valence-corrected chi connectivity index (χ0v) is 18.4. The number of carbonyl (C=O) groups is 2. The number of benzene rings is 1. The van der Waals surface area contributed by atoms with E-state index in [2.05, 4.69) is 48.1 Å². The van der Waals surface area contributed by atoms with Crippen LogP contribution in [0, 0.1) is 16.7 Å². The van der Waals surface area contributed by atoms with Crippen LogP contribution < -0.4 is 0 Å². The molecule has 1 heterocycles. The van der Waals surface area contributed by atoms with Gasteiger partial charge in [0.2, 0.25) is 11.8 Å². The minimum atomic E-state index is -0.238. The van der Waals surface area contributed by atoms with E-state index in [4.69, 9.17) is 0 Å². The number of hydrazine groups is 1. The molecule has 154 valence electrons. The number of hydrogen-bond donors (Lipinski definition) is 0. The number of nitrogens with zero attached hydrogens (tertiary/aromatic N) is 2. The maximum Gasteiger partial charge on any atom is 0.247 e. The predicted molar refractivity (Wildman–Crippen MR) is 114 cm³/mol. The van der Waals surface area contributed by atoms with Crippen molar-refractivity contribution in [3.05, 3.63) is 48.6 Å². The fourth-order valence-electron chi connectivity index (χ4n) is 3.98. The summed E-state index contributed by atoms with van der Waals surface area (Å²) >= 11 is 0. The van der Waals surface area contributed by atoms with Gasteiger partial charge in [0.05, 0.1) is 0 Å². The van der Waals surface area contributed by atoms with Gasteiger partial charge in [-0.2, -0.15) is 0 Å². The molecule has 0 aromatic heterocycles. The highest BCUT2D eigenvalue weighted by molar-refractivity contribution is 5.97. The highest BCUT2D eigenvalue weighted by Crippen LogP contribution is 2.37. The Hall–Kier alpha value is -1.94. The zero-order valence-electron chi connectivity index (χ0n) is 18.4. The Morgan fingerprint density at radius 2 is 1.79 bits per heavy atom. The average molecular weight is 385 g/mol. The van der Waals surface area contributed by atoms with Gasteiger partial charge in [0.25, 0.3) is 0 Å². The van der Waals surface area contributed by atoms with Gasteiger partial charge in [-0.1, -0.05) is 78.0 Å². The fourth-order valence-corrected chi connectivity index (χ4v) is 3.98. The van der Waals surface area contributed by atoms with Crippen LogP contribution >= 0.6 is 0 Å². The number of imide groups is 1. The lowest BCUT2D eigenvalue weighted by molar-refractivity contribution is -0.164. The van der Waals surface area contributed by atoms with Crippen molar-refractivity contribution in [1.29, 1.82) is 0 Å². The molecule has 4 nitrogen and oxygen atoms in total. The molecule has 2 amide bonds. The van der Waals surface area contributed by atoms with Crippen molar-refractivity contribution in [3.8, 4) is 0 Å². The molecule has 0 aliphatic carbocycles. The van der Waals surface area contributed by atoms with Crippen LogP contribution in [0.25, 0.3) is 0 Å². The molecule has 1 aliphatic rings. The Balaban J connectivity index is 2.37. The number of rotatable bonds is 6. The second kappa shape index (κ2) is 8.60. The molecule has 1 aliphatic heterocycles. The molecular weight excluding hydrogens is 348 g/mol. The SMILES string of the molecule is C=CCC(CC(C)(C)C)C(=O)N1C(=O)CC(C(C)(C)C)N1Cc1ccccc1. The molecule has 1 fully saturated rings. The predicted octanol–water partition coefficient (Wildman–Crippen LogP) is 5.21. The van der Waals surface area contributed by atoms with Gasteiger partial charge in [-0.05, 0) is 29.2 Å². The summed E-state index contributed by atoms with van der Waals surface area (Å²) in [5.41, 5.74) is 0.984. The molecule has 2 atom stereocenters. The van der Waals surface area contributed by atoms with Crippen molar-refractivity contribution >= 4 is 11.8 Å². The minimum absolute atomic E-state index is 0.000201. The highest BCUT2D eigenvalue weighted by atomic mass is 16.2. The standard InChI is InChI=1S/C24H36N2O2/c1-8-12-19(16-23(2,3)4)22(28)26-21(27)15-20(24(5,6)7)25(26)17-18-13-10-9-11-14-18/h8-11,13-14,19-20H,1,12,15-17H2,2-7H3. The lowest BCUT2D eigenvalue weighted by Crippen LogP contribution is -2.51. The van der Waals surface area contributed by atoms with E-state index in [1.165, 1.54) is 5.01 Å².